The molecule has 1 aliphatic heterocycles. The van der Waals surface area contributed by atoms with Crippen molar-refractivity contribution in [2.24, 2.45) is 0 Å². The first-order valence-corrected chi connectivity index (χ1v) is 8.69. The largest absolute Gasteiger partial charge is 0.486 e. The minimum atomic E-state index is -0.130. The van der Waals surface area contributed by atoms with Gasteiger partial charge in [0.15, 0.2) is 18.1 Å². The van der Waals surface area contributed by atoms with Crippen LogP contribution in [0.15, 0.2) is 45.8 Å². The smallest absolute Gasteiger partial charge is 0.200 e. The van der Waals surface area contributed by atoms with Crippen molar-refractivity contribution in [1.29, 1.82) is 5.26 Å². The molecule has 0 bridgehead atoms. The van der Waals surface area contributed by atoms with Gasteiger partial charge in [-0.1, -0.05) is 13.0 Å². The zero-order chi connectivity index (χ0) is 18.8. The van der Waals surface area contributed by atoms with E-state index in [0.29, 0.717) is 59.0 Å². The Morgan fingerprint density at radius 3 is 2.74 bits per heavy atom. The highest BCUT2D eigenvalue weighted by Crippen LogP contribution is 2.34. The molecule has 2 aromatic carbocycles. The standard InChI is InChI=1S/C21H17NO5/c1-2-13-9-15-19(11-18(13)24-6-5-22)27-12-16(21(15)23)14-3-4-17-20(10-14)26-8-7-25-17/h3-4,9-12H,2,6-8H2,1H3. The molecule has 0 fully saturated rings. The molecule has 0 saturated heterocycles. The van der Waals surface area contributed by atoms with E-state index < -0.39 is 0 Å². The Hall–Kier alpha value is -3.46. The number of ether oxygens (including phenoxy) is 3. The van der Waals surface area contributed by atoms with Crippen LogP contribution < -0.4 is 19.6 Å². The van der Waals surface area contributed by atoms with Gasteiger partial charge >= 0.3 is 0 Å². The molecule has 4 rings (SSSR count). The van der Waals surface area contributed by atoms with E-state index in [-0.39, 0.29) is 12.0 Å². The third kappa shape index (κ3) is 3.08. The van der Waals surface area contributed by atoms with Crippen LogP contribution in [0.25, 0.3) is 22.1 Å². The normalized spacial score (nSPS) is 12.6. The molecule has 0 saturated carbocycles. The maximum atomic E-state index is 13.1. The second kappa shape index (κ2) is 7.04. The summed E-state index contributed by atoms with van der Waals surface area (Å²) in [6.45, 7) is 2.90. The Labute approximate surface area is 155 Å². The van der Waals surface area contributed by atoms with Crippen LogP contribution in [0.3, 0.4) is 0 Å². The molecular formula is C21H17NO5. The molecule has 0 aliphatic carbocycles. The molecular weight excluding hydrogens is 346 g/mol. The number of nitrogens with zero attached hydrogens (tertiary/aromatic N) is 1. The molecule has 6 heteroatoms. The van der Waals surface area contributed by atoms with Crippen LogP contribution >= 0.6 is 0 Å². The predicted octanol–water partition coefficient (Wildman–Crippen LogP) is 3.70. The molecule has 3 aromatic rings. The summed E-state index contributed by atoms with van der Waals surface area (Å²) in [5, 5.41) is 9.20. The lowest BCUT2D eigenvalue weighted by Crippen LogP contribution is -2.15. The van der Waals surface area contributed by atoms with Gasteiger partial charge in [0.1, 0.15) is 36.9 Å². The van der Waals surface area contributed by atoms with Gasteiger partial charge in [-0.15, -0.1) is 0 Å². The average molecular weight is 363 g/mol. The van der Waals surface area contributed by atoms with Gasteiger partial charge in [0, 0.05) is 6.07 Å². The van der Waals surface area contributed by atoms with Crippen LogP contribution in [0, 0.1) is 11.3 Å². The van der Waals surface area contributed by atoms with Crippen LogP contribution in [0.2, 0.25) is 0 Å². The quantitative estimate of drug-likeness (QED) is 0.703. The van der Waals surface area contributed by atoms with Gasteiger partial charge in [-0.05, 0) is 35.7 Å². The maximum Gasteiger partial charge on any atom is 0.200 e. The summed E-state index contributed by atoms with van der Waals surface area (Å²) in [6.07, 6.45) is 2.11. The van der Waals surface area contributed by atoms with Crippen molar-refractivity contribution in [3.63, 3.8) is 0 Å². The van der Waals surface area contributed by atoms with Crippen molar-refractivity contribution in [2.75, 3.05) is 19.8 Å². The van der Waals surface area contributed by atoms with Crippen molar-refractivity contribution in [1.82, 2.24) is 0 Å². The van der Waals surface area contributed by atoms with Crippen molar-refractivity contribution >= 4 is 11.0 Å². The average Bonchev–Trinajstić information content (AvgIpc) is 2.71. The molecule has 1 aliphatic rings. The molecule has 0 N–H and O–H groups in total. The maximum absolute atomic E-state index is 13.1. The van der Waals surface area contributed by atoms with E-state index in [9.17, 15) is 4.79 Å². The number of nitriles is 1. The molecule has 27 heavy (non-hydrogen) atoms. The van der Waals surface area contributed by atoms with Gasteiger partial charge in [-0.2, -0.15) is 5.26 Å². The van der Waals surface area contributed by atoms with E-state index >= 15 is 0 Å². The molecule has 1 aromatic heterocycles. The summed E-state index contributed by atoms with van der Waals surface area (Å²) in [4.78, 5) is 13.1. The number of rotatable bonds is 4. The highest BCUT2D eigenvalue weighted by atomic mass is 16.6. The molecule has 0 radical (unpaired) electrons. The first kappa shape index (κ1) is 17.0. The Morgan fingerprint density at radius 1 is 1.15 bits per heavy atom. The first-order chi connectivity index (χ1) is 13.2. The highest BCUT2D eigenvalue weighted by molar-refractivity contribution is 5.84. The Kier molecular flexibility index (Phi) is 4.43. The summed E-state index contributed by atoms with van der Waals surface area (Å²) in [5.74, 6) is 1.84. The SMILES string of the molecule is CCc1cc2c(=O)c(-c3ccc4c(c3)OCCO4)coc2cc1OCC#N. The van der Waals surface area contributed by atoms with Gasteiger partial charge < -0.3 is 18.6 Å². The summed E-state index contributed by atoms with van der Waals surface area (Å²) < 4.78 is 22.3. The van der Waals surface area contributed by atoms with Gasteiger partial charge in [-0.3, -0.25) is 4.79 Å². The number of hydrogen-bond donors (Lipinski definition) is 0. The van der Waals surface area contributed by atoms with Crippen molar-refractivity contribution < 1.29 is 18.6 Å². The number of aryl methyl sites for hydroxylation is 1. The molecule has 136 valence electrons. The summed E-state index contributed by atoms with van der Waals surface area (Å²) in [5.41, 5.74) is 2.30. The zero-order valence-electron chi connectivity index (χ0n) is 14.8. The van der Waals surface area contributed by atoms with E-state index in [2.05, 4.69) is 0 Å². The fraction of sp³-hybridized carbons (Fsp3) is 0.238. The van der Waals surface area contributed by atoms with Gasteiger partial charge in [0.2, 0.25) is 5.43 Å². The first-order valence-electron chi connectivity index (χ1n) is 8.69. The van der Waals surface area contributed by atoms with Crippen molar-refractivity contribution in [3.05, 3.63) is 52.4 Å². The van der Waals surface area contributed by atoms with Crippen molar-refractivity contribution in [3.8, 4) is 34.4 Å². The summed E-state index contributed by atoms with van der Waals surface area (Å²) in [6, 6.07) is 10.8. The summed E-state index contributed by atoms with van der Waals surface area (Å²) in [7, 11) is 0. The van der Waals surface area contributed by atoms with Crippen molar-refractivity contribution in [2.45, 2.75) is 13.3 Å². The van der Waals surface area contributed by atoms with Crippen LogP contribution in [-0.4, -0.2) is 19.8 Å². The van der Waals surface area contributed by atoms with Gasteiger partial charge in [-0.25, -0.2) is 0 Å². The Morgan fingerprint density at radius 2 is 1.96 bits per heavy atom. The van der Waals surface area contributed by atoms with Crippen LogP contribution in [-0.2, 0) is 6.42 Å². The third-order valence-corrected chi connectivity index (χ3v) is 4.48. The lowest BCUT2D eigenvalue weighted by Gasteiger charge is -2.18. The molecule has 0 atom stereocenters. The minimum Gasteiger partial charge on any atom is -0.486 e. The second-order valence-electron chi connectivity index (χ2n) is 6.09. The monoisotopic (exact) mass is 363 g/mol. The van der Waals surface area contributed by atoms with E-state index in [1.54, 1.807) is 24.3 Å². The number of fused-ring (bicyclic) bond motifs is 2. The Bertz CT molecular complexity index is 1110. The lowest BCUT2D eigenvalue weighted by molar-refractivity contribution is 0.171. The van der Waals surface area contributed by atoms with Crippen LogP contribution in [0.1, 0.15) is 12.5 Å². The topological polar surface area (TPSA) is 81.7 Å². The van der Waals surface area contributed by atoms with E-state index in [1.165, 1.54) is 6.26 Å². The van der Waals surface area contributed by atoms with Crippen LogP contribution in [0.5, 0.6) is 17.2 Å². The number of benzene rings is 2. The van der Waals surface area contributed by atoms with Crippen LogP contribution in [0.4, 0.5) is 0 Å². The van der Waals surface area contributed by atoms with Gasteiger partial charge in [0.05, 0.1) is 10.9 Å². The highest BCUT2D eigenvalue weighted by Gasteiger charge is 2.16. The molecule has 0 spiro atoms. The van der Waals surface area contributed by atoms with E-state index in [4.69, 9.17) is 23.9 Å². The molecule has 0 unspecified atom stereocenters. The fourth-order valence-corrected chi connectivity index (χ4v) is 3.13. The summed E-state index contributed by atoms with van der Waals surface area (Å²) >= 11 is 0. The molecule has 0 amide bonds. The molecule has 2 heterocycles. The van der Waals surface area contributed by atoms with E-state index in [1.807, 2.05) is 19.1 Å². The predicted molar refractivity (Wildman–Crippen MR) is 99.4 cm³/mol. The molecule has 6 nitrogen and oxygen atoms in total. The Balaban J connectivity index is 1.82. The second-order valence-corrected chi connectivity index (χ2v) is 6.09. The lowest BCUT2D eigenvalue weighted by atomic mass is 10.0. The number of hydrogen-bond acceptors (Lipinski definition) is 6. The third-order valence-electron chi connectivity index (χ3n) is 4.48. The van der Waals surface area contributed by atoms with Gasteiger partial charge in [0.25, 0.3) is 0 Å². The fourth-order valence-electron chi connectivity index (χ4n) is 3.13. The zero-order valence-corrected chi connectivity index (χ0v) is 14.8. The van der Waals surface area contributed by atoms with E-state index in [0.717, 1.165) is 5.56 Å². The minimum absolute atomic E-state index is 0.0575.